The molecule has 2 aromatic rings. The van der Waals surface area contributed by atoms with E-state index in [-0.39, 0.29) is 16.9 Å². The quantitative estimate of drug-likeness (QED) is 0.612. The summed E-state index contributed by atoms with van der Waals surface area (Å²) in [6.07, 6.45) is 4.17. The lowest BCUT2D eigenvalue weighted by atomic mass is 9.68. The molecular formula is C26H35FN4O4. The number of nitrogens with zero attached hydrogens (tertiary/aromatic N) is 4. The highest BCUT2D eigenvalue weighted by molar-refractivity contribution is 5.66. The number of aliphatic hydroxyl groups is 1. The Morgan fingerprint density at radius 3 is 2.60 bits per heavy atom. The predicted octanol–water partition coefficient (Wildman–Crippen LogP) is 5.02. The fourth-order valence-corrected chi connectivity index (χ4v) is 5.98. The molecule has 1 amide bonds. The molecule has 3 unspecified atom stereocenters. The molecule has 0 radical (unpaired) electrons. The van der Waals surface area contributed by atoms with E-state index in [9.17, 15) is 19.4 Å². The van der Waals surface area contributed by atoms with Gasteiger partial charge in [0, 0.05) is 36.7 Å². The molecule has 3 atom stereocenters. The normalized spacial score (nSPS) is 24.1. The number of benzene rings is 1. The Balaban J connectivity index is 1.66. The van der Waals surface area contributed by atoms with Gasteiger partial charge in [-0.05, 0) is 49.8 Å². The first-order chi connectivity index (χ1) is 16.4. The third kappa shape index (κ3) is 4.66. The van der Waals surface area contributed by atoms with Gasteiger partial charge in [-0.15, -0.1) is 0 Å². The Kier molecular flexibility index (Phi) is 6.42. The molecule has 2 aliphatic rings. The Morgan fingerprint density at radius 1 is 1.23 bits per heavy atom. The monoisotopic (exact) mass is 486 g/mol. The average molecular weight is 487 g/mol. The minimum atomic E-state index is -1.27. The number of hydrogen-bond acceptors (Lipinski definition) is 6. The van der Waals surface area contributed by atoms with Gasteiger partial charge in [0.1, 0.15) is 17.9 Å². The lowest BCUT2D eigenvalue weighted by Crippen LogP contribution is -2.51. The fourth-order valence-electron chi connectivity index (χ4n) is 5.98. The van der Waals surface area contributed by atoms with Crippen LogP contribution in [0, 0.1) is 16.6 Å². The van der Waals surface area contributed by atoms with Gasteiger partial charge in [-0.2, -0.15) is 0 Å². The van der Waals surface area contributed by atoms with Crippen LogP contribution in [-0.4, -0.2) is 56.9 Å². The maximum Gasteiger partial charge on any atom is 0.407 e. The van der Waals surface area contributed by atoms with E-state index in [1.807, 2.05) is 6.92 Å². The van der Waals surface area contributed by atoms with Gasteiger partial charge in [-0.25, -0.2) is 19.2 Å². The summed E-state index contributed by atoms with van der Waals surface area (Å²) in [6, 6.07) is 3.98. The zero-order valence-corrected chi connectivity index (χ0v) is 21.1. The maximum atomic E-state index is 14.0. The lowest BCUT2D eigenvalue weighted by molar-refractivity contribution is 0.0506. The number of aromatic nitrogens is 2. The van der Waals surface area contributed by atoms with E-state index in [0.717, 1.165) is 12.8 Å². The van der Waals surface area contributed by atoms with E-state index in [1.165, 1.54) is 24.5 Å². The first-order valence-corrected chi connectivity index (χ1v) is 12.1. The van der Waals surface area contributed by atoms with Crippen LogP contribution >= 0.6 is 0 Å². The molecule has 35 heavy (non-hydrogen) atoms. The minimum Gasteiger partial charge on any atom is -0.465 e. The topological polar surface area (TPSA) is 99.0 Å². The van der Waals surface area contributed by atoms with Gasteiger partial charge < -0.3 is 24.7 Å². The van der Waals surface area contributed by atoms with Crippen LogP contribution in [-0.2, 0) is 5.60 Å². The Labute approximate surface area is 205 Å². The summed E-state index contributed by atoms with van der Waals surface area (Å²) in [5.41, 5.74) is -1.32. The van der Waals surface area contributed by atoms with E-state index in [2.05, 4.69) is 35.6 Å². The third-order valence-corrected chi connectivity index (χ3v) is 7.58. The Morgan fingerprint density at radius 2 is 1.94 bits per heavy atom. The average Bonchev–Trinajstić information content (AvgIpc) is 3.39. The molecule has 190 valence electrons. The standard InChI is InChI=1S/C26H35FN4O4/c1-6-25(5,34)18-13-17(27)7-8-19(18)35-20-14-28-16-29-21(20)30-11-9-26(15-30)10-12-31(23(32)33)22(26)24(2,3)4/h7-8,13-14,16,22,34H,6,9-12,15H2,1-5H3,(H,32,33). The molecule has 1 aromatic carbocycles. The van der Waals surface area contributed by atoms with E-state index in [4.69, 9.17) is 4.74 Å². The molecule has 2 saturated heterocycles. The highest BCUT2D eigenvalue weighted by Crippen LogP contribution is 2.52. The van der Waals surface area contributed by atoms with Gasteiger partial charge in [0.2, 0.25) is 0 Å². The zero-order valence-electron chi connectivity index (χ0n) is 21.1. The molecule has 2 aliphatic heterocycles. The van der Waals surface area contributed by atoms with Crippen LogP contribution in [0.3, 0.4) is 0 Å². The van der Waals surface area contributed by atoms with Crippen molar-refractivity contribution in [3.05, 3.63) is 42.1 Å². The maximum absolute atomic E-state index is 14.0. The molecule has 8 nitrogen and oxygen atoms in total. The summed E-state index contributed by atoms with van der Waals surface area (Å²) in [5.74, 6) is 0.896. The highest BCUT2D eigenvalue weighted by Gasteiger charge is 2.56. The number of anilines is 1. The highest BCUT2D eigenvalue weighted by atomic mass is 19.1. The molecule has 2 N–H and O–H groups in total. The molecule has 0 bridgehead atoms. The smallest absolute Gasteiger partial charge is 0.407 e. The van der Waals surface area contributed by atoms with Crippen LogP contribution in [0.4, 0.5) is 15.0 Å². The van der Waals surface area contributed by atoms with Crippen molar-refractivity contribution in [1.29, 1.82) is 0 Å². The number of carbonyl (C=O) groups is 1. The van der Waals surface area contributed by atoms with Crippen LogP contribution in [0.1, 0.15) is 59.4 Å². The SMILES string of the molecule is CCC(C)(O)c1cc(F)ccc1Oc1cncnc1N1CCC2(CCN(C(=O)O)C2C(C)(C)C)C1. The van der Waals surface area contributed by atoms with Gasteiger partial charge >= 0.3 is 6.09 Å². The number of carboxylic acid groups (broad SMARTS) is 1. The summed E-state index contributed by atoms with van der Waals surface area (Å²) >= 11 is 0. The summed E-state index contributed by atoms with van der Waals surface area (Å²) in [5, 5.41) is 20.7. The molecule has 1 spiro atoms. The van der Waals surface area contributed by atoms with Gasteiger partial charge in [0.05, 0.1) is 11.8 Å². The van der Waals surface area contributed by atoms with Gasteiger partial charge in [-0.3, -0.25) is 0 Å². The summed E-state index contributed by atoms with van der Waals surface area (Å²) in [4.78, 5) is 24.4. The van der Waals surface area contributed by atoms with Gasteiger partial charge in [-0.1, -0.05) is 27.7 Å². The summed E-state index contributed by atoms with van der Waals surface area (Å²) < 4.78 is 20.2. The van der Waals surface area contributed by atoms with Crippen molar-refractivity contribution in [3.8, 4) is 11.5 Å². The lowest BCUT2D eigenvalue weighted by Gasteiger charge is -2.42. The molecule has 0 saturated carbocycles. The molecule has 4 rings (SSSR count). The zero-order chi connectivity index (χ0) is 25.6. The number of ether oxygens (including phenoxy) is 1. The number of amides is 1. The second-order valence-corrected chi connectivity index (χ2v) is 11.1. The van der Waals surface area contributed by atoms with Crippen LogP contribution < -0.4 is 9.64 Å². The second-order valence-electron chi connectivity index (χ2n) is 11.1. The molecule has 0 aliphatic carbocycles. The van der Waals surface area contributed by atoms with Crippen molar-refractivity contribution in [1.82, 2.24) is 14.9 Å². The van der Waals surface area contributed by atoms with Crippen molar-refractivity contribution in [3.63, 3.8) is 0 Å². The number of halogens is 1. The van der Waals surface area contributed by atoms with Crippen molar-refractivity contribution >= 4 is 11.9 Å². The first kappa shape index (κ1) is 25.2. The molecular weight excluding hydrogens is 451 g/mol. The van der Waals surface area contributed by atoms with Crippen molar-refractivity contribution in [2.45, 2.75) is 65.5 Å². The summed E-state index contributed by atoms with van der Waals surface area (Å²) in [7, 11) is 0. The van der Waals surface area contributed by atoms with Crippen LogP contribution in [0.25, 0.3) is 0 Å². The van der Waals surface area contributed by atoms with E-state index < -0.39 is 17.5 Å². The number of hydrogen-bond donors (Lipinski definition) is 2. The van der Waals surface area contributed by atoms with Gasteiger partial charge in [0.15, 0.2) is 11.6 Å². The fraction of sp³-hybridized carbons (Fsp3) is 0.577. The second kappa shape index (κ2) is 8.93. The summed E-state index contributed by atoms with van der Waals surface area (Å²) in [6.45, 7) is 11.6. The predicted molar refractivity (Wildman–Crippen MR) is 130 cm³/mol. The first-order valence-electron chi connectivity index (χ1n) is 12.1. The molecule has 2 fully saturated rings. The van der Waals surface area contributed by atoms with Crippen molar-refractivity contribution in [2.24, 2.45) is 10.8 Å². The van der Waals surface area contributed by atoms with Crippen LogP contribution in [0.15, 0.2) is 30.7 Å². The van der Waals surface area contributed by atoms with Gasteiger partial charge in [0.25, 0.3) is 0 Å². The van der Waals surface area contributed by atoms with E-state index >= 15 is 0 Å². The Bertz CT molecular complexity index is 1100. The van der Waals surface area contributed by atoms with Crippen LogP contribution in [0.2, 0.25) is 0 Å². The minimum absolute atomic E-state index is 0.118. The van der Waals surface area contributed by atoms with E-state index in [0.29, 0.717) is 48.9 Å². The number of likely N-dealkylation sites (tertiary alicyclic amines) is 1. The largest absolute Gasteiger partial charge is 0.465 e. The van der Waals surface area contributed by atoms with E-state index in [1.54, 1.807) is 18.0 Å². The van der Waals surface area contributed by atoms with Crippen LogP contribution in [0.5, 0.6) is 11.5 Å². The Hall–Kier alpha value is -2.94. The number of rotatable bonds is 5. The van der Waals surface area contributed by atoms with Crippen molar-refractivity contribution < 1.29 is 24.1 Å². The molecule has 9 heteroatoms. The molecule has 3 heterocycles. The molecule has 1 aromatic heterocycles. The van der Waals surface area contributed by atoms with Crippen molar-refractivity contribution in [2.75, 3.05) is 24.5 Å². The third-order valence-electron chi connectivity index (χ3n) is 7.58.